The van der Waals surface area contributed by atoms with Crippen LogP contribution in [0.5, 0.6) is 0 Å². The fourth-order valence-electron chi connectivity index (χ4n) is 2.99. The molecular formula is C22H27ClN2O2. The van der Waals surface area contributed by atoms with E-state index in [1.54, 1.807) is 17.9 Å². The fraction of sp³-hybridized carbons (Fsp3) is 0.364. The molecule has 5 heteroatoms. The molecule has 0 aromatic heterocycles. The van der Waals surface area contributed by atoms with Gasteiger partial charge in [-0.05, 0) is 56.5 Å². The lowest BCUT2D eigenvalue weighted by molar-refractivity contribution is -0.140. The molecule has 0 fully saturated rings. The van der Waals surface area contributed by atoms with Gasteiger partial charge in [-0.1, -0.05) is 47.5 Å². The molecule has 0 unspecified atom stereocenters. The molecule has 0 saturated carbocycles. The van der Waals surface area contributed by atoms with E-state index in [2.05, 4.69) is 5.32 Å². The molecule has 0 aliphatic carbocycles. The average Bonchev–Trinajstić information content (AvgIpc) is 2.62. The first-order valence-corrected chi connectivity index (χ1v) is 9.57. The first-order chi connectivity index (χ1) is 12.8. The summed E-state index contributed by atoms with van der Waals surface area (Å²) in [6.07, 6.45) is 0.262. The molecule has 0 aliphatic heterocycles. The van der Waals surface area contributed by atoms with Gasteiger partial charge < -0.3 is 10.2 Å². The summed E-state index contributed by atoms with van der Waals surface area (Å²) in [6.45, 7) is 8.49. The van der Waals surface area contributed by atoms with E-state index in [9.17, 15) is 9.59 Å². The summed E-state index contributed by atoms with van der Waals surface area (Å²) in [5.74, 6) is -0.240. The predicted molar refractivity (Wildman–Crippen MR) is 110 cm³/mol. The van der Waals surface area contributed by atoms with E-state index in [1.165, 1.54) is 0 Å². The summed E-state index contributed by atoms with van der Waals surface area (Å²) in [6, 6.07) is 12.9. The van der Waals surface area contributed by atoms with Gasteiger partial charge in [0.05, 0.1) is 6.42 Å². The number of nitrogens with zero attached hydrogens (tertiary/aromatic N) is 1. The van der Waals surface area contributed by atoms with Gasteiger partial charge in [-0.2, -0.15) is 0 Å². The van der Waals surface area contributed by atoms with Crippen molar-refractivity contribution in [2.45, 2.75) is 46.7 Å². The van der Waals surface area contributed by atoms with E-state index in [1.807, 2.05) is 57.2 Å². The molecule has 0 radical (unpaired) electrons. The van der Waals surface area contributed by atoms with Crippen LogP contribution >= 0.6 is 11.6 Å². The standard InChI is InChI=1S/C22H27ClN2O2/c1-5-24-22(27)17(4)25(14-18-7-6-8-20(23)12-18)21(26)13-19-11-15(2)9-10-16(19)3/h6-12,17H,5,13-14H2,1-4H3,(H,24,27)/t17-/m0/s1. The number of aryl methyl sites for hydroxylation is 2. The number of halogens is 1. The molecule has 0 bridgehead atoms. The summed E-state index contributed by atoms with van der Waals surface area (Å²) in [7, 11) is 0. The minimum absolute atomic E-state index is 0.0811. The van der Waals surface area contributed by atoms with Gasteiger partial charge in [-0.15, -0.1) is 0 Å². The highest BCUT2D eigenvalue weighted by molar-refractivity contribution is 6.30. The van der Waals surface area contributed by atoms with Gasteiger partial charge in [0.25, 0.3) is 0 Å². The van der Waals surface area contributed by atoms with Crippen LogP contribution in [0.25, 0.3) is 0 Å². The highest BCUT2D eigenvalue weighted by Gasteiger charge is 2.26. The van der Waals surface area contributed by atoms with Crippen molar-refractivity contribution in [2.75, 3.05) is 6.54 Å². The molecule has 1 atom stereocenters. The van der Waals surface area contributed by atoms with Crippen LogP contribution in [-0.4, -0.2) is 29.3 Å². The van der Waals surface area contributed by atoms with Gasteiger partial charge in [-0.3, -0.25) is 9.59 Å². The zero-order valence-corrected chi connectivity index (χ0v) is 17.1. The Kier molecular flexibility index (Phi) is 7.43. The summed E-state index contributed by atoms with van der Waals surface area (Å²) < 4.78 is 0. The third-order valence-electron chi connectivity index (χ3n) is 4.61. The average molecular weight is 387 g/mol. The Bertz CT molecular complexity index is 820. The van der Waals surface area contributed by atoms with Crippen LogP contribution < -0.4 is 5.32 Å². The normalized spacial score (nSPS) is 11.7. The maximum atomic E-state index is 13.1. The smallest absolute Gasteiger partial charge is 0.242 e. The van der Waals surface area contributed by atoms with Gasteiger partial charge in [0, 0.05) is 18.1 Å². The molecule has 0 aliphatic rings. The number of nitrogens with one attached hydrogen (secondary N) is 1. The molecule has 0 heterocycles. The SMILES string of the molecule is CCNC(=O)[C@H](C)N(Cc1cccc(Cl)c1)C(=O)Cc1cc(C)ccc1C. The van der Waals surface area contributed by atoms with Crippen molar-refractivity contribution in [3.8, 4) is 0 Å². The van der Waals surface area contributed by atoms with Gasteiger partial charge >= 0.3 is 0 Å². The van der Waals surface area contributed by atoms with Crippen molar-refractivity contribution < 1.29 is 9.59 Å². The van der Waals surface area contributed by atoms with Crippen molar-refractivity contribution in [3.63, 3.8) is 0 Å². The fourth-order valence-corrected chi connectivity index (χ4v) is 3.20. The maximum Gasteiger partial charge on any atom is 0.242 e. The van der Waals surface area contributed by atoms with E-state index >= 15 is 0 Å². The molecule has 2 amide bonds. The number of likely N-dealkylation sites (N-methyl/N-ethyl adjacent to an activating group) is 1. The van der Waals surface area contributed by atoms with Crippen molar-refractivity contribution in [1.82, 2.24) is 10.2 Å². The summed E-state index contributed by atoms with van der Waals surface area (Å²) in [4.78, 5) is 27.1. The monoisotopic (exact) mass is 386 g/mol. The predicted octanol–water partition coefficient (Wildman–Crippen LogP) is 4.05. The van der Waals surface area contributed by atoms with E-state index in [4.69, 9.17) is 11.6 Å². The highest BCUT2D eigenvalue weighted by atomic mass is 35.5. The lowest BCUT2D eigenvalue weighted by Crippen LogP contribution is -2.48. The number of amides is 2. The molecule has 0 spiro atoms. The molecule has 1 N–H and O–H groups in total. The molecule has 27 heavy (non-hydrogen) atoms. The second-order valence-corrected chi connectivity index (χ2v) is 7.27. The van der Waals surface area contributed by atoms with Crippen molar-refractivity contribution in [1.29, 1.82) is 0 Å². The Morgan fingerprint density at radius 3 is 2.56 bits per heavy atom. The van der Waals surface area contributed by atoms with Crippen LogP contribution in [0.1, 0.15) is 36.1 Å². The zero-order valence-electron chi connectivity index (χ0n) is 16.4. The number of hydrogen-bond donors (Lipinski definition) is 1. The van der Waals surface area contributed by atoms with Crippen molar-refractivity contribution >= 4 is 23.4 Å². The molecule has 4 nitrogen and oxygen atoms in total. The topological polar surface area (TPSA) is 49.4 Å². The Labute approximate surface area is 166 Å². The number of carbonyl (C=O) groups is 2. The minimum Gasteiger partial charge on any atom is -0.355 e. The lowest BCUT2D eigenvalue weighted by Gasteiger charge is -2.29. The Morgan fingerprint density at radius 1 is 1.15 bits per heavy atom. The summed E-state index contributed by atoms with van der Waals surface area (Å²) in [5.41, 5.74) is 4.07. The molecular weight excluding hydrogens is 360 g/mol. The van der Waals surface area contributed by atoms with Crippen LogP contribution in [-0.2, 0) is 22.6 Å². The largest absolute Gasteiger partial charge is 0.355 e. The number of rotatable bonds is 7. The third kappa shape index (κ3) is 5.83. The number of carbonyl (C=O) groups excluding carboxylic acids is 2. The van der Waals surface area contributed by atoms with Crippen LogP contribution in [0.4, 0.5) is 0 Å². The van der Waals surface area contributed by atoms with E-state index in [0.717, 1.165) is 22.3 Å². The van der Waals surface area contributed by atoms with Crippen LogP contribution in [0.15, 0.2) is 42.5 Å². The van der Waals surface area contributed by atoms with Crippen molar-refractivity contribution in [2.24, 2.45) is 0 Å². The summed E-state index contributed by atoms with van der Waals surface area (Å²) in [5, 5.41) is 3.41. The van der Waals surface area contributed by atoms with Gasteiger partial charge in [0.1, 0.15) is 6.04 Å². The minimum atomic E-state index is -0.568. The molecule has 2 aromatic rings. The van der Waals surface area contributed by atoms with E-state index in [0.29, 0.717) is 18.1 Å². The molecule has 2 aromatic carbocycles. The van der Waals surface area contributed by atoms with E-state index in [-0.39, 0.29) is 18.2 Å². The lowest BCUT2D eigenvalue weighted by atomic mass is 10.0. The molecule has 2 rings (SSSR count). The summed E-state index contributed by atoms with van der Waals surface area (Å²) >= 11 is 6.08. The first-order valence-electron chi connectivity index (χ1n) is 9.19. The second-order valence-electron chi connectivity index (χ2n) is 6.83. The van der Waals surface area contributed by atoms with Crippen LogP contribution in [0, 0.1) is 13.8 Å². The van der Waals surface area contributed by atoms with Crippen LogP contribution in [0.3, 0.4) is 0 Å². The van der Waals surface area contributed by atoms with Gasteiger partial charge in [-0.25, -0.2) is 0 Å². The number of hydrogen-bond acceptors (Lipinski definition) is 2. The molecule has 0 saturated heterocycles. The van der Waals surface area contributed by atoms with E-state index < -0.39 is 6.04 Å². The number of benzene rings is 2. The Morgan fingerprint density at radius 2 is 1.89 bits per heavy atom. The van der Waals surface area contributed by atoms with Gasteiger partial charge in [0.2, 0.25) is 11.8 Å². The Hall–Kier alpha value is -2.33. The maximum absolute atomic E-state index is 13.1. The van der Waals surface area contributed by atoms with Crippen LogP contribution in [0.2, 0.25) is 5.02 Å². The molecule has 144 valence electrons. The second kappa shape index (κ2) is 9.56. The zero-order chi connectivity index (χ0) is 20.0. The quantitative estimate of drug-likeness (QED) is 0.780. The van der Waals surface area contributed by atoms with Gasteiger partial charge in [0.15, 0.2) is 0 Å². The van der Waals surface area contributed by atoms with Crippen molar-refractivity contribution in [3.05, 3.63) is 69.7 Å². The highest BCUT2D eigenvalue weighted by Crippen LogP contribution is 2.18. The Balaban J connectivity index is 2.28. The first kappa shape index (κ1) is 21.0. The third-order valence-corrected chi connectivity index (χ3v) is 4.84.